The first-order chi connectivity index (χ1) is 11.3. The van der Waals surface area contributed by atoms with Crippen LogP contribution in [-0.4, -0.2) is 100 Å². The van der Waals surface area contributed by atoms with Crippen LogP contribution in [-0.2, 0) is 23.8 Å². The van der Waals surface area contributed by atoms with Gasteiger partial charge in [-0.25, -0.2) is 4.89 Å². The smallest absolute Gasteiger partial charge is 0.209 e. The third-order valence-electron chi connectivity index (χ3n) is 3.72. The first-order valence-electron chi connectivity index (χ1n) is 7.39. The van der Waals surface area contributed by atoms with Gasteiger partial charge < -0.3 is 44.5 Å². The van der Waals surface area contributed by atoms with Crippen molar-refractivity contribution in [3.63, 3.8) is 0 Å². The van der Waals surface area contributed by atoms with Crippen molar-refractivity contribution in [2.75, 3.05) is 13.7 Å². The zero-order chi connectivity index (χ0) is 18.4. The van der Waals surface area contributed by atoms with Crippen LogP contribution >= 0.6 is 0 Å². The third kappa shape index (κ3) is 5.28. The average molecular weight is 358 g/mol. The maximum atomic E-state index is 10.0. The molecule has 0 radical (unpaired) electrons. The van der Waals surface area contributed by atoms with Crippen molar-refractivity contribution >= 4 is 0 Å². The third-order valence-corrected chi connectivity index (χ3v) is 3.72. The Kier molecular flexibility index (Phi) is 8.90. The summed E-state index contributed by atoms with van der Waals surface area (Å²) in [4.78, 5) is 4.20. The quantitative estimate of drug-likeness (QED) is 0.145. The summed E-state index contributed by atoms with van der Waals surface area (Å²) in [5.41, 5.74) is 0. The van der Waals surface area contributed by atoms with Crippen molar-refractivity contribution in [3.05, 3.63) is 0 Å². The molecule has 1 saturated heterocycles. The van der Waals surface area contributed by atoms with Crippen LogP contribution in [0.25, 0.3) is 0 Å². The second-order valence-corrected chi connectivity index (χ2v) is 5.49. The van der Waals surface area contributed by atoms with Crippen LogP contribution in [0.3, 0.4) is 0 Å². The monoisotopic (exact) mass is 358 g/mol. The Hall–Kier alpha value is -0.440. The molecule has 0 bridgehead atoms. The van der Waals surface area contributed by atoms with E-state index in [1.54, 1.807) is 0 Å². The number of aliphatic hydroxyl groups is 5. The zero-order valence-corrected chi connectivity index (χ0v) is 13.6. The minimum atomic E-state index is -2.10. The van der Waals surface area contributed by atoms with Gasteiger partial charge in [-0.15, -0.1) is 0 Å². The van der Waals surface area contributed by atoms with Gasteiger partial charge in [-0.2, -0.15) is 0 Å². The maximum Gasteiger partial charge on any atom is 0.209 e. The molecule has 6 N–H and O–H groups in total. The molecule has 0 saturated carbocycles. The molecular weight excluding hydrogens is 332 g/mol. The standard InChI is InChI=1S/C13H26O11/c1-5(15)6(2)21-13(11(17)18)23-10-9(24-19)8(16)7(4-14)22-12(10)20-3/h5-19H,4H2,1-3H3. The average Bonchev–Trinajstić information content (AvgIpc) is 2.54. The van der Waals surface area contributed by atoms with Gasteiger partial charge in [0, 0.05) is 7.11 Å². The lowest BCUT2D eigenvalue weighted by atomic mass is 9.99. The predicted molar refractivity (Wildman–Crippen MR) is 75.4 cm³/mol. The van der Waals surface area contributed by atoms with Gasteiger partial charge in [0.1, 0.15) is 18.3 Å². The van der Waals surface area contributed by atoms with E-state index in [9.17, 15) is 25.5 Å². The first kappa shape index (κ1) is 21.6. The number of methoxy groups -OCH3 is 1. The van der Waals surface area contributed by atoms with E-state index in [1.807, 2.05) is 0 Å². The van der Waals surface area contributed by atoms with Crippen LogP contribution in [0.1, 0.15) is 13.8 Å². The summed E-state index contributed by atoms with van der Waals surface area (Å²) in [6.45, 7) is 2.34. The molecule has 8 unspecified atom stereocenters. The number of hydrogen-bond donors (Lipinski definition) is 6. The summed E-state index contributed by atoms with van der Waals surface area (Å²) < 4.78 is 20.8. The van der Waals surface area contributed by atoms with Crippen LogP contribution in [0, 0.1) is 0 Å². The summed E-state index contributed by atoms with van der Waals surface area (Å²) in [5, 5.41) is 56.5. The van der Waals surface area contributed by atoms with E-state index in [-0.39, 0.29) is 0 Å². The molecule has 1 rings (SSSR count). The highest BCUT2D eigenvalue weighted by atomic mass is 17.1. The minimum Gasteiger partial charge on any atom is -0.394 e. The van der Waals surface area contributed by atoms with Gasteiger partial charge >= 0.3 is 0 Å². The fourth-order valence-electron chi connectivity index (χ4n) is 2.15. The fourth-order valence-corrected chi connectivity index (χ4v) is 2.15. The van der Waals surface area contributed by atoms with E-state index in [2.05, 4.69) is 4.89 Å². The van der Waals surface area contributed by atoms with Crippen molar-refractivity contribution in [1.29, 1.82) is 0 Å². The van der Waals surface area contributed by atoms with Crippen molar-refractivity contribution in [1.82, 2.24) is 0 Å². The summed E-state index contributed by atoms with van der Waals surface area (Å²) in [6.07, 6.45) is -12.1. The largest absolute Gasteiger partial charge is 0.394 e. The minimum absolute atomic E-state index is 0.574. The number of rotatable bonds is 9. The topological polar surface area (TPSA) is 168 Å². The molecule has 0 aromatic rings. The molecule has 24 heavy (non-hydrogen) atoms. The summed E-state index contributed by atoms with van der Waals surface area (Å²) in [7, 11) is 1.24. The normalized spacial score (nSPS) is 35.0. The van der Waals surface area contributed by atoms with Crippen molar-refractivity contribution in [2.45, 2.75) is 69.3 Å². The van der Waals surface area contributed by atoms with Gasteiger partial charge in [0.05, 0.1) is 18.8 Å². The fraction of sp³-hybridized carbons (Fsp3) is 1.00. The highest BCUT2D eigenvalue weighted by Gasteiger charge is 2.49. The molecule has 1 aliphatic rings. The van der Waals surface area contributed by atoms with E-state index < -0.39 is 62.1 Å². The zero-order valence-electron chi connectivity index (χ0n) is 13.6. The number of ether oxygens (including phenoxy) is 4. The van der Waals surface area contributed by atoms with Crippen LogP contribution in [0.4, 0.5) is 0 Å². The van der Waals surface area contributed by atoms with Crippen LogP contribution < -0.4 is 0 Å². The molecule has 0 amide bonds. The van der Waals surface area contributed by atoms with E-state index in [1.165, 1.54) is 21.0 Å². The van der Waals surface area contributed by atoms with Gasteiger partial charge in [0.25, 0.3) is 0 Å². The SMILES string of the molecule is COC1OC(CO)C(O)C(OO)C1OC(OC(C)C(C)O)C(O)O. The molecule has 11 heteroatoms. The molecule has 0 spiro atoms. The van der Waals surface area contributed by atoms with E-state index in [0.29, 0.717) is 0 Å². The second-order valence-electron chi connectivity index (χ2n) is 5.49. The molecule has 11 nitrogen and oxygen atoms in total. The van der Waals surface area contributed by atoms with Crippen LogP contribution in [0.2, 0.25) is 0 Å². The Morgan fingerprint density at radius 3 is 2.17 bits per heavy atom. The van der Waals surface area contributed by atoms with Gasteiger partial charge in [-0.3, -0.25) is 5.26 Å². The predicted octanol–water partition coefficient (Wildman–Crippen LogP) is -2.62. The van der Waals surface area contributed by atoms with Gasteiger partial charge in [-0.05, 0) is 13.8 Å². The van der Waals surface area contributed by atoms with Gasteiger partial charge in [0.15, 0.2) is 12.4 Å². The van der Waals surface area contributed by atoms with Crippen molar-refractivity contribution < 1.29 is 54.6 Å². The Balaban J connectivity index is 2.92. The maximum absolute atomic E-state index is 10.0. The van der Waals surface area contributed by atoms with Crippen molar-refractivity contribution in [2.24, 2.45) is 0 Å². The molecule has 144 valence electrons. The molecule has 0 aromatic carbocycles. The highest BCUT2D eigenvalue weighted by molar-refractivity contribution is 4.91. The second kappa shape index (κ2) is 9.89. The Morgan fingerprint density at radius 1 is 1.12 bits per heavy atom. The lowest BCUT2D eigenvalue weighted by Gasteiger charge is -2.43. The highest BCUT2D eigenvalue weighted by Crippen LogP contribution is 2.27. The molecule has 0 aliphatic carbocycles. The summed E-state index contributed by atoms with van der Waals surface area (Å²) >= 11 is 0. The van der Waals surface area contributed by atoms with Crippen LogP contribution in [0.15, 0.2) is 0 Å². The molecule has 0 aromatic heterocycles. The molecular formula is C13H26O11. The number of aliphatic hydroxyl groups excluding tert-OH is 4. The summed E-state index contributed by atoms with van der Waals surface area (Å²) in [6, 6.07) is 0. The van der Waals surface area contributed by atoms with Crippen molar-refractivity contribution in [3.8, 4) is 0 Å². The first-order valence-corrected chi connectivity index (χ1v) is 7.39. The number of hydrogen-bond acceptors (Lipinski definition) is 11. The summed E-state index contributed by atoms with van der Waals surface area (Å²) in [5.74, 6) is 0. The van der Waals surface area contributed by atoms with Gasteiger partial charge in [0.2, 0.25) is 12.6 Å². The molecule has 1 heterocycles. The lowest BCUT2D eigenvalue weighted by Crippen LogP contribution is -2.62. The Morgan fingerprint density at radius 2 is 1.75 bits per heavy atom. The Labute approximate surface area is 138 Å². The Bertz CT molecular complexity index is 353. The molecule has 1 aliphatic heterocycles. The lowest BCUT2D eigenvalue weighted by molar-refractivity contribution is -0.404. The molecule has 8 atom stereocenters. The molecule has 1 fully saturated rings. The van der Waals surface area contributed by atoms with E-state index >= 15 is 0 Å². The van der Waals surface area contributed by atoms with Crippen LogP contribution in [0.5, 0.6) is 0 Å². The van der Waals surface area contributed by atoms with E-state index in [4.69, 9.17) is 24.2 Å². The van der Waals surface area contributed by atoms with E-state index in [0.717, 1.165) is 0 Å². The van der Waals surface area contributed by atoms with Gasteiger partial charge in [-0.1, -0.05) is 0 Å².